The molecule has 0 atom stereocenters. The van der Waals surface area contributed by atoms with Crippen molar-refractivity contribution >= 4 is 27.9 Å². The largest absolute Gasteiger partial charge is 0.0906 e. The van der Waals surface area contributed by atoms with Gasteiger partial charge in [-0.1, -0.05) is 66.7 Å². The van der Waals surface area contributed by atoms with Gasteiger partial charge in [0.05, 0.1) is 0 Å². The minimum absolute atomic E-state index is 0.745. The van der Waals surface area contributed by atoms with Crippen molar-refractivity contribution < 1.29 is 0 Å². The molecule has 92 valence electrons. The van der Waals surface area contributed by atoms with Crippen LogP contribution in [-0.2, 0) is 0 Å². The van der Waals surface area contributed by atoms with Crippen molar-refractivity contribution in [2.24, 2.45) is 0 Å². The second-order valence-electron chi connectivity index (χ2n) is 4.55. The lowest BCUT2D eigenvalue weighted by Gasteiger charge is -2.08. The molecule has 0 unspecified atom stereocenters. The highest BCUT2D eigenvalue weighted by Gasteiger charge is 2.03. The average molecular weight is 265 g/mol. The van der Waals surface area contributed by atoms with Crippen LogP contribution >= 0.6 is 11.6 Å². The van der Waals surface area contributed by atoms with Gasteiger partial charge in [0.25, 0.3) is 0 Å². The first-order chi connectivity index (χ1) is 9.24. The molecule has 0 amide bonds. The van der Waals surface area contributed by atoms with Gasteiger partial charge in [0.15, 0.2) is 0 Å². The highest BCUT2D eigenvalue weighted by atomic mass is 35.5. The van der Waals surface area contributed by atoms with Crippen LogP contribution in [0.3, 0.4) is 0 Å². The van der Waals surface area contributed by atoms with Crippen LogP contribution < -0.4 is 0 Å². The fourth-order valence-electron chi connectivity index (χ4n) is 2.19. The summed E-state index contributed by atoms with van der Waals surface area (Å²) in [6, 6.07) is 22.5. The molecule has 0 N–H and O–H groups in total. The SMILES string of the molecule is C=C(c1ccc(Cl)cc1)c1ccc2ccccc2c1. The summed E-state index contributed by atoms with van der Waals surface area (Å²) in [4.78, 5) is 0. The lowest BCUT2D eigenvalue weighted by atomic mass is 9.97. The van der Waals surface area contributed by atoms with E-state index in [-0.39, 0.29) is 0 Å². The summed E-state index contributed by atoms with van der Waals surface area (Å²) in [5.41, 5.74) is 3.25. The Hall–Kier alpha value is -2.05. The quantitative estimate of drug-likeness (QED) is 0.569. The summed E-state index contributed by atoms with van der Waals surface area (Å²) in [5.74, 6) is 0. The molecule has 1 heteroatoms. The zero-order valence-electron chi connectivity index (χ0n) is 10.4. The van der Waals surface area contributed by atoms with Gasteiger partial charge in [0.2, 0.25) is 0 Å². The van der Waals surface area contributed by atoms with E-state index in [1.54, 1.807) is 0 Å². The molecule has 0 aliphatic carbocycles. The predicted molar refractivity (Wildman–Crippen MR) is 83.5 cm³/mol. The van der Waals surface area contributed by atoms with Crippen LogP contribution in [0.2, 0.25) is 5.02 Å². The summed E-state index contributed by atoms with van der Waals surface area (Å²) in [6.07, 6.45) is 0. The second kappa shape index (κ2) is 4.91. The first kappa shape index (κ1) is 12.0. The highest BCUT2D eigenvalue weighted by Crippen LogP contribution is 2.26. The Kier molecular flexibility index (Phi) is 3.10. The summed E-state index contributed by atoms with van der Waals surface area (Å²) >= 11 is 5.91. The molecule has 0 saturated carbocycles. The zero-order chi connectivity index (χ0) is 13.2. The van der Waals surface area contributed by atoms with Crippen LogP contribution in [0.25, 0.3) is 16.3 Å². The summed E-state index contributed by atoms with van der Waals surface area (Å²) in [6.45, 7) is 4.19. The minimum Gasteiger partial charge on any atom is -0.0906 e. The lowest BCUT2D eigenvalue weighted by Crippen LogP contribution is -1.86. The van der Waals surface area contributed by atoms with Gasteiger partial charge >= 0.3 is 0 Å². The average Bonchev–Trinajstić information content (AvgIpc) is 2.47. The molecular formula is C18H13Cl. The summed E-state index contributed by atoms with van der Waals surface area (Å²) in [5, 5.41) is 3.22. The van der Waals surface area contributed by atoms with Gasteiger partial charge in [-0.05, 0) is 45.7 Å². The third kappa shape index (κ3) is 2.40. The molecule has 3 rings (SSSR count). The third-order valence-corrected chi connectivity index (χ3v) is 3.54. The Labute approximate surface area is 118 Å². The van der Waals surface area contributed by atoms with E-state index in [4.69, 9.17) is 11.6 Å². The molecule has 0 radical (unpaired) electrons. The standard InChI is InChI=1S/C18H13Cl/c1-13(14-8-10-18(19)11-9-14)16-7-6-15-4-2-3-5-17(15)12-16/h2-12H,1H2. The second-order valence-corrected chi connectivity index (χ2v) is 4.98. The number of hydrogen-bond donors (Lipinski definition) is 0. The first-order valence-electron chi connectivity index (χ1n) is 6.18. The molecule has 0 spiro atoms. The Morgan fingerprint density at radius 3 is 2.11 bits per heavy atom. The molecule has 0 nitrogen and oxygen atoms in total. The summed E-state index contributed by atoms with van der Waals surface area (Å²) < 4.78 is 0. The lowest BCUT2D eigenvalue weighted by molar-refractivity contribution is 1.58. The summed E-state index contributed by atoms with van der Waals surface area (Å²) in [7, 11) is 0. The molecule has 0 heterocycles. The Morgan fingerprint density at radius 1 is 0.737 bits per heavy atom. The molecule has 0 aliphatic rings. The van der Waals surface area contributed by atoms with E-state index in [1.807, 2.05) is 24.3 Å². The fraction of sp³-hybridized carbons (Fsp3) is 0. The van der Waals surface area contributed by atoms with Gasteiger partial charge in [0.1, 0.15) is 0 Å². The van der Waals surface area contributed by atoms with Crippen molar-refractivity contribution in [3.05, 3.63) is 89.5 Å². The van der Waals surface area contributed by atoms with Gasteiger partial charge in [-0.2, -0.15) is 0 Å². The van der Waals surface area contributed by atoms with E-state index in [1.165, 1.54) is 10.8 Å². The molecule has 3 aromatic carbocycles. The van der Waals surface area contributed by atoms with Crippen molar-refractivity contribution in [3.8, 4) is 0 Å². The van der Waals surface area contributed by atoms with E-state index >= 15 is 0 Å². The van der Waals surface area contributed by atoms with Crippen molar-refractivity contribution in [1.29, 1.82) is 0 Å². The third-order valence-electron chi connectivity index (χ3n) is 3.29. The molecule has 0 fully saturated rings. The topological polar surface area (TPSA) is 0 Å². The maximum Gasteiger partial charge on any atom is 0.0406 e. The van der Waals surface area contributed by atoms with Gasteiger partial charge in [-0.3, -0.25) is 0 Å². The smallest absolute Gasteiger partial charge is 0.0406 e. The molecule has 0 saturated heterocycles. The minimum atomic E-state index is 0.745. The van der Waals surface area contributed by atoms with Crippen LogP contribution in [0, 0.1) is 0 Å². The van der Waals surface area contributed by atoms with Crippen LogP contribution in [0.4, 0.5) is 0 Å². The van der Waals surface area contributed by atoms with E-state index in [0.717, 1.165) is 21.7 Å². The number of halogens is 1. The van der Waals surface area contributed by atoms with Crippen molar-refractivity contribution in [2.75, 3.05) is 0 Å². The molecule has 0 aromatic heterocycles. The van der Waals surface area contributed by atoms with Gasteiger partial charge in [-0.15, -0.1) is 0 Å². The van der Waals surface area contributed by atoms with Crippen LogP contribution in [-0.4, -0.2) is 0 Å². The Balaban J connectivity index is 2.04. The van der Waals surface area contributed by atoms with Crippen LogP contribution in [0.5, 0.6) is 0 Å². The number of hydrogen-bond acceptors (Lipinski definition) is 0. The molecule has 3 aromatic rings. The predicted octanol–water partition coefficient (Wildman–Crippen LogP) is 5.55. The van der Waals surface area contributed by atoms with Crippen LogP contribution in [0.1, 0.15) is 11.1 Å². The molecule has 19 heavy (non-hydrogen) atoms. The highest BCUT2D eigenvalue weighted by molar-refractivity contribution is 6.30. The van der Waals surface area contributed by atoms with E-state index in [2.05, 4.69) is 49.0 Å². The van der Waals surface area contributed by atoms with Gasteiger partial charge < -0.3 is 0 Å². The van der Waals surface area contributed by atoms with E-state index in [0.29, 0.717) is 0 Å². The van der Waals surface area contributed by atoms with Gasteiger partial charge in [0, 0.05) is 5.02 Å². The van der Waals surface area contributed by atoms with Crippen molar-refractivity contribution in [3.63, 3.8) is 0 Å². The van der Waals surface area contributed by atoms with E-state index < -0.39 is 0 Å². The number of benzene rings is 3. The molecule has 0 aliphatic heterocycles. The normalized spacial score (nSPS) is 10.6. The number of fused-ring (bicyclic) bond motifs is 1. The molecule has 0 bridgehead atoms. The number of rotatable bonds is 2. The monoisotopic (exact) mass is 264 g/mol. The van der Waals surface area contributed by atoms with Crippen LogP contribution in [0.15, 0.2) is 73.3 Å². The maximum absolute atomic E-state index is 5.91. The first-order valence-corrected chi connectivity index (χ1v) is 6.56. The fourth-order valence-corrected chi connectivity index (χ4v) is 2.32. The maximum atomic E-state index is 5.91. The Bertz CT molecular complexity index is 739. The van der Waals surface area contributed by atoms with Crippen molar-refractivity contribution in [2.45, 2.75) is 0 Å². The van der Waals surface area contributed by atoms with Gasteiger partial charge in [-0.25, -0.2) is 0 Å². The zero-order valence-corrected chi connectivity index (χ0v) is 11.2. The Morgan fingerprint density at radius 2 is 1.37 bits per heavy atom. The van der Waals surface area contributed by atoms with Crippen molar-refractivity contribution in [1.82, 2.24) is 0 Å². The van der Waals surface area contributed by atoms with E-state index in [9.17, 15) is 0 Å². The molecular weight excluding hydrogens is 252 g/mol.